The Kier molecular flexibility index (Phi) is 12.5. The second-order valence-corrected chi connectivity index (χ2v) is 24.7. The minimum absolute atomic E-state index is 0.00194. The lowest BCUT2D eigenvalue weighted by atomic mass is 9.52. The fourth-order valence-corrected chi connectivity index (χ4v) is 13.9. The molecule has 5 saturated carbocycles. The number of aliphatic hydroxyl groups is 1. The lowest BCUT2D eigenvalue weighted by Gasteiger charge is -2.53. The van der Waals surface area contributed by atoms with Crippen LogP contribution in [0.25, 0.3) is 6.08 Å². The number of ether oxygens (including phenoxy) is 5. The highest BCUT2D eigenvalue weighted by Gasteiger charge is 2.78. The molecule has 2 amide bonds. The van der Waals surface area contributed by atoms with E-state index in [1.807, 2.05) is 36.4 Å². The molecule has 4 heterocycles. The summed E-state index contributed by atoms with van der Waals surface area (Å²) in [4.78, 5) is 66.8. The van der Waals surface area contributed by atoms with Crippen LogP contribution in [0.2, 0.25) is 0 Å². The van der Waals surface area contributed by atoms with Crippen molar-refractivity contribution in [3.05, 3.63) is 76.9 Å². The molecule has 2 aromatic rings. The Hall–Kier alpha value is -4.18. The third-order valence-corrected chi connectivity index (χ3v) is 18.0. The molecule has 9 fully saturated rings. The second-order valence-electron chi connectivity index (χ2n) is 24.7. The van der Waals surface area contributed by atoms with Crippen LogP contribution in [0.1, 0.15) is 135 Å². The molecule has 2 bridgehead atoms. The molecule has 14 nitrogen and oxygen atoms in total. The molecule has 11 rings (SSSR count). The number of carbonyl (C=O) groups excluding carboxylic acids is 4. The number of esters is 2. The van der Waals surface area contributed by atoms with Gasteiger partial charge in [0.05, 0.1) is 30.9 Å². The van der Waals surface area contributed by atoms with Crippen molar-refractivity contribution in [3.8, 4) is 0 Å². The summed E-state index contributed by atoms with van der Waals surface area (Å²) in [5.74, 6) is -1.18. The van der Waals surface area contributed by atoms with E-state index in [1.54, 1.807) is 32.9 Å². The normalized spacial score (nSPS) is 35.8. The zero-order valence-electron chi connectivity index (χ0n) is 42.7. The van der Waals surface area contributed by atoms with Crippen molar-refractivity contribution in [1.29, 1.82) is 0 Å². The second kappa shape index (κ2) is 18.0. The Balaban J connectivity index is 0.907. The van der Waals surface area contributed by atoms with Gasteiger partial charge in [-0.1, -0.05) is 80.1 Å². The number of epoxide rings is 1. The third kappa shape index (κ3) is 9.08. The highest BCUT2D eigenvalue weighted by Crippen LogP contribution is 2.64. The number of nitrogens with one attached hydrogen (secondary N) is 1. The van der Waals surface area contributed by atoms with Crippen LogP contribution < -0.4 is 5.32 Å². The Labute approximate surface area is 418 Å². The number of allylic oxidation sites excluding steroid dienone is 1. The summed E-state index contributed by atoms with van der Waals surface area (Å²) in [7, 11) is 1.62. The molecule has 71 heavy (non-hydrogen) atoms. The molecule has 14 heteroatoms. The summed E-state index contributed by atoms with van der Waals surface area (Å²) in [6.45, 7) is 12.2. The zero-order chi connectivity index (χ0) is 49.8. The van der Waals surface area contributed by atoms with Gasteiger partial charge in [-0.05, 0) is 126 Å². The Morgan fingerprint density at radius 1 is 0.930 bits per heavy atom. The lowest BCUT2D eigenvalue weighted by molar-refractivity contribution is -0.235. The van der Waals surface area contributed by atoms with E-state index in [1.165, 1.54) is 23.3 Å². The number of hydrogen-bond donors (Lipinski definition) is 2. The van der Waals surface area contributed by atoms with Crippen molar-refractivity contribution in [1.82, 2.24) is 15.3 Å². The molecule has 2 N–H and O–H groups in total. The van der Waals surface area contributed by atoms with Crippen LogP contribution in [-0.4, -0.2) is 118 Å². The third-order valence-electron chi connectivity index (χ3n) is 18.0. The van der Waals surface area contributed by atoms with Gasteiger partial charge in [-0.2, -0.15) is 5.06 Å². The quantitative estimate of drug-likeness (QED) is 0.136. The Morgan fingerprint density at radius 3 is 2.34 bits per heavy atom. The lowest BCUT2D eigenvalue weighted by Crippen LogP contribution is -2.70. The molecule has 1 unspecified atom stereocenters. The average Bonchev–Trinajstić information content (AvgIpc) is 4.28. The largest absolute Gasteiger partial charge is 0.460 e. The van der Waals surface area contributed by atoms with Gasteiger partial charge in [0.15, 0.2) is 11.8 Å². The number of nitrogens with zero attached hydrogens (tertiary/aromatic N) is 2. The van der Waals surface area contributed by atoms with Gasteiger partial charge < -0.3 is 39.0 Å². The monoisotopic (exact) mass is 978 g/mol. The highest BCUT2D eigenvalue weighted by atomic mass is 16.8. The number of benzene rings is 2. The highest BCUT2D eigenvalue weighted by molar-refractivity contribution is 5.96. The van der Waals surface area contributed by atoms with Crippen LogP contribution >= 0.6 is 0 Å². The minimum Gasteiger partial charge on any atom is -0.460 e. The summed E-state index contributed by atoms with van der Waals surface area (Å²) in [6, 6.07) is 14.9. The van der Waals surface area contributed by atoms with Gasteiger partial charge in [0.1, 0.15) is 41.5 Å². The molecule has 12 atom stereocenters. The van der Waals surface area contributed by atoms with E-state index in [0.29, 0.717) is 17.9 Å². The predicted octanol–water partition coefficient (Wildman–Crippen LogP) is 7.23. The standard InChI is InChI=1S/C57H75N3O11/c1-53(2,3)68-45(62)23-21-39(32-61)58-50(63)42(28-33-12-9-8-10-13-33)59(7)52(65)56-30-43-46-47(70-57(69-46,37-17-18-37)38-19-20-38)49(56)71-60(48(56)51(64)66-43)31-35-15-11-14-34(26-35)27-36-16-22-44-55(6,67-44)25-24-41-40(36)29-54(41,4)5/h8-15,26-27,37-44,46-49,61H,16-25,28-32H2,1-7H3,(H,58,63)/t39-,40+,41+,42+,43+,44?,46-,47-,48-,49+,55+,56-/m0/s1. The summed E-state index contributed by atoms with van der Waals surface area (Å²) < 4.78 is 32.3. The van der Waals surface area contributed by atoms with Crippen LogP contribution in [0.15, 0.2) is 60.2 Å². The van der Waals surface area contributed by atoms with E-state index >= 15 is 4.79 Å². The van der Waals surface area contributed by atoms with Crippen LogP contribution in [0, 0.1) is 34.5 Å². The van der Waals surface area contributed by atoms with Crippen molar-refractivity contribution < 1.29 is 52.8 Å². The number of fused-ring (bicyclic) bond motifs is 6. The summed E-state index contributed by atoms with van der Waals surface area (Å²) in [5.41, 5.74) is 2.40. The molecule has 0 radical (unpaired) electrons. The topological polar surface area (TPSA) is 166 Å². The summed E-state index contributed by atoms with van der Waals surface area (Å²) >= 11 is 0. The maximum absolute atomic E-state index is 16.0. The first-order chi connectivity index (χ1) is 33.8. The molecule has 384 valence electrons. The minimum atomic E-state index is -1.51. The molecule has 5 aliphatic carbocycles. The first-order valence-electron chi connectivity index (χ1n) is 26.7. The first-order valence-corrected chi connectivity index (χ1v) is 26.7. The fraction of sp³-hybridized carbons (Fsp3) is 0.684. The molecule has 4 aliphatic heterocycles. The van der Waals surface area contributed by atoms with Gasteiger partial charge in [-0.3, -0.25) is 24.0 Å². The maximum Gasteiger partial charge on any atom is 0.327 e. The van der Waals surface area contributed by atoms with Gasteiger partial charge in [0, 0.05) is 38.1 Å². The molecule has 9 aliphatic rings. The summed E-state index contributed by atoms with van der Waals surface area (Å²) in [6.07, 6.45) is 9.44. The van der Waals surface area contributed by atoms with Crippen molar-refractivity contribution in [2.45, 2.75) is 197 Å². The summed E-state index contributed by atoms with van der Waals surface area (Å²) in [5, 5.41) is 15.1. The zero-order valence-corrected chi connectivity index (χ0v) is 42.7. The predicted molar refractivity (Wildman–Crippen MR) is 261 cm³/mol. The van der Waals surface area contributed by atoms with Crippen LogP contribution in [-0.2, 0) is 60.7 Å². The Bertz CT molecular complexity index is 2420. The van der Waals surface area contributed by atoms with Crippen molar-refractivity contribution >= 4 is 29.8 Å². The van der Waals surface area contributed by atoms with E-state index in [9.17, 15) is 19.5 Å². The van der Waals surface area contributed by atoms with Crippen molar-refractivity contribution in [2.75, 3.05) is 13.7 Å². The van der Waals surface area contributed by atoms with Crippen molar-refractivity contribution in [3.63, 3.8) is 0 Å². The molecular weight excluding hydrogens is 903 g/mol. The molecule has 0 aromatic heterocycles. The number of aliphatic hydroxyl groups excluding tert-OH is 1. The van der Waals surface area contributed by atoms with E-state index < -0.39 is 89.7 Å². The number of hydrogen-bond acceptors (Lipinski definition) is 12. The van der Waals surface area contributed by atoms with E-state index in [2.05, 4.69) is 50.4 Å². The van der Waals surface area contributed by atoms with Crippen LogP contribution in [0.5, 0.6) is 0 Å². The van der Waals surface area contributed by atoms with Crippen LogP contribution in [0.3, 0.4) is 0 Å². The molecule has 4 saturated heterocycles. The number of hydroxylamine groups is 2. The van der Waals surface area contributed by atoms with E-state index in [4.69, 9.17) is 28.5 Å². The first kappa shape index (κ1) is 49.1. The van der Waals surface area contributed by atoms with E-state index in [0.717, 1.165) is 61.6 Å². The fourth-order valence-electron chi connectivity index (χ4n) is 13.9. The number of rotatable bonds is 15. The van der Waals surface area contributed by atoms with Crippen LogP contribution in [0.4, 0.5) is 0 Å². The van der Waals surface area contributed by atoms with Crippen molar-refractivity contribution in [2.24, 2.45) is 34.5 Å². The number of amides is 2. The SMILES string of the molecule is CN(C(=O)[C@@]12C[C@H]3OC(=O)[C@@H]1N(Cc1cccc(C=C4CCC5O[C@]5(C)CC[C@@H]5[C@@H]4CC5(C)C)c1)O[C@@H]2[C@H]1OC(C2CC2)(C2CC2)O[C@H]13)[C@H](Cc1ccccc1)C(=O)N[C@H](CO)CCC(=O)OC(C)(C)C. The van der Waals surface area contributed by atoms with Gasteiger partial charge in [-0.25, -0.2) is 0 Å². The number of likely N-dealkylation sites (N-methyl/N-ethyl adjacent to an activating group) is 1. The molecular formula is C57H75N3O11. The smallest absolute Gasteiger partial charge is 0.327 e. The van der Waals surface area contributed by atoms with E-state index in [-0.39, 0.29) is 55.1 Å². The maximum atomic E-state index is 16.0. The average molecular weight is 978 g/mol. The van der Waals surface area contributed by atoms with Gasteiger partial charge >= 0.3 is 11.9 Å². The van der Waals surface area contributed by atoms with Gasteiger partial charge in [-0.15, -0.1) is 0 Å². The molecule has 0 spiro atoms. The van der Waals surface area contributed by atoms with Gasteiger partial charge in [0.2, 0.25) is 11.8 Å². The number of carbonyl (C=O) groups is 4. The van der Waals surface area contributed by atoms with Gasteiger partial charge in [0.25, 0.3) is 0 Å². The molecule has 2 aromatic carbocycles. The Morgan fingerprint density at radius 2 is 1.65 bits per heavy atom.